The molecule has 0 bridgehead atoms. The number of rotatable bonds is 10. The van der Waals surface area contributed by atoms with E-state index >= 15 is 0 Å². The number of halogens is 3. The first-order valence-corrected chi connectivity index (χ1v) is 8.26. The van der Waals surface area contributed by atoms with Gasteiger partial charge in [0.25, 0.3) is 0 Å². The number of hydrogen-bond donors (Lipinski definition) is 2. The molecule has 0 atom stereocenters. The average Bonchev–Trinajstić information content (AvgIpc) is 2.50. The molecule has 0 saturated heterocycles. The molecule has 1 radical (unpaired) electrons. The van der Waals surface area contributed by atoms with Gasteiger partial charge in [-0.1, -0.05) is 50.3 Å². The predicted octanol–water partition coefficient (Wildman–Crippen LogP) is 4.56. The van der Waals surface area contributed by atoms with Crippen molar-refractivity contribution in [2.24, 2.45) is 0 Å². The topological polar surface area (TPSA) is 49.7 Å². The van der Waals surface area contributed by atoms with E-state index in [2.05, 4.69) is 0 Å². The molecular formula is C17H27BF3O3. The second-order valence-corrected chi connectivity index (χ2v) is 5.57. The third-order valence-electron chi connectivity index (χ3n) is 3.46. The molecule has 3 nitrogen and oxygen atoms in total. The van der Waals surface area contributed by atoms with Crippen LogP contribution in [0.3, 0.4) is 0 Å². The summed E-state index contributed by atoms with van der Waals surface area (Å²) in [7, 11) is 0. The van der Waals surface area contributed by atoms with Crippen LogP contribution in [0, 0.1) is 6.92 Å². The zero-order valence-corrected chi connectivity index (χ0v) is 14.2. The Labute approximate surface area is 143 Å². The van der Waals surface area contributed by atoms with E-state index in [0.29, 0.717) is 13.0 Å². The average molecular weight is 347 g/mol. The lowest BCUT2D eigenvalue weighted by molar-refractivity contribution is -0.135. The Bertz CT molecular complexity index is 414. The van der Waals surface area contributed by atoms with Gasteiger partial charge in [-0.2, -0.15) is 13.2 Å². The fourth-order valence-electron chi connectivity index (χ4n) is 2.21. The minimum absolute atomic E-state index is 0. The molecular weight excluding hydrogens is 320 g/mol. The van der Waals surface area contributed by atoms with Crippen molar-refractivity contribution in [3.63, 3.8) is 0 Å². The summed E-state index contributed by atoms with van der Waals surface area (Å²) in [6.45, 7) is 2.73. The molecule has 0 aromatic heterocycles. The van der Waals surface area contributed by atoms with Crippen molar-refractivity contribution < 1.29 is 28.0 Å². The summed E-state index contributed by atoms with van der Waals surface area (Å²) in [6.07, 6.45) is 1.37. The summed E-state index contributed by atoms with van der Waals surface area (Å²) < 4.78 is 41.5. The molecule has 0 aliphatic heterocycles. The van der Waals surface area contributed by atoms with Crippen LogP contribution in [0.4, 0.5) is 13.2 Å². The number of hydrogen-bond acceptors (Lipinski definition) is 3. The van der Waals surface area contributed by atoms with Crippen molar-refractivity contribution in [2.75, 3.05) is 6.61 Å². The van der Waals surface area contributed by atoms with Crippen LogP contribution < -0.4 is 4.74 Å². The van der Waals surface area contributed by atoms with E-state index in [9.17, 15) is 13.2 Å². The summed E-state index contributed by atoms with van der Waals surface area (Å²) in [6, 6.07) is 7.94. The molecule has 0 spiro atoms. The first kappa shape index (κ1) is 22.8. The number of benzene rings is 1. The molecule has 0 amide bonds. The SMILES string of the molecule is Cc1ccccc1OCCCCCCCCCC(F)(F)F.O[B]O. The molecule has 0 fully saturated rings. The van der Waals surface area contributed by atoms with Crippen LogP contribution in [-0.2, 0) is 0 Å². The maximum Gasteiger partial charge on any atom is 0.482 e. The maximum absolute atomic E-state index is 11.9. The van der Waals surface area contributed by atoms with Gasteiger partial charge in [-0.05, 0) is 31.4 Å². The Balaban J connectivity index is 0.00000163. The van der Waals surface area contributed by atoms with E-state index < -0.39 is 12.6 Å². The Hall–Kier alpha value is -1.21. The highest BCUT2D eigenvalue weighted by atomic mass is 19.4. The highest BCUT2D eigenvalue weighted by Crippen LogP contribution is 2.23. The van der Waals surface area contributed by atoms with Crippen LogP contribution in [0.15, 0.2) is 24.3 Å². The largest absolute Gasteiger partial charge is 0.493 e. The second kappa shape index (κ2) is 14.2. The summed E-state index contributed by atoms with van der Waals surface area (Å²) in [5.74, 6) is 0.935. The number of unbranched alkanes of at least 4 members (excludes halogenated alkanes) is 6. The van der Waals surface area contributed by atoms with Gasteiger partial charge in [0.1, 0.15) is 5.75 Å². The van der Waals surface area contributed by atoms with Crippen LogP contribution in [-0.4, -0.2) is 30.5 Å². The van der Waals surface area contributed by atoms with Crippen LogP contribution in [0.5, 0.6) is 5.75 Å². The van der Waals surface area contributed by atoms with Crippen LogP contribution in [0.1, 0.15) is 56.9 Å². The quantitative estimate of drug-likeness (QED) is 0.482. The Morgan fingerprint density at radius 3 is 1.96 bits per heavy atom. The molecule has 0 saturated carbocycles. The molecule has 24 heavy (non-hydrogen) atoms. The van der Waals surface area contributed by atoms with E-state index in [1.165, 1.54) is 0 Å². The van der Waals surface area contributed by atoms with Crippen molar-refractivity contribution in [3.05, 3.63) is 29.8 Å². The minimum atomic E-state index is -3.99. The lowest BCUT2D eigenvalue weighted by Crippen LogP contribution is -2.06. The first-order chi connectivity index (χ1) is 11.4. The van der Waals surface area contributed by atoms with Crippen LogP contribution >= 0.6 is 0 Å². The van der Waals surface area contributed by atoms with Gasteiger partial charge in [0.05, 0.1) is 6.61 Å². The molecule has 1 aromatic carbocycles. The molecule has 1 rings (SSSR count). The molecule has 0 unspecified atom stereocenters. The van der Waals surface area contributed by atoms with Crippen molar-refractivity contribution in [2.45, 2.75) is 64.5 Å². The first-order valence-electron chi connectivity index (χ1n) is 8.26. The van der Waals surface area contributed by atoms with Crippen LogP contribution in [0.2, 0.25) is 0 Å². The van der Waals surface area contributed by atoms with Gasteiger partial charge in [0, 0.05) is 6.42 Å². The molecule has 0 aliphatic rings. The third-order valence-corrected chi connectivity index (χ3v) is 3.46. The van der Waals surface area contributed by atoms with E-state index in [4.69, 9.17) is 14.8 Å². The van der Waals surface area contributed by atoms with Gasteiger partial charge in [0.15, 0.2) is 0 Å². The maximum atomic E-state index is 11.9. The smallest absolute Gasteiger partial charge is 0.482 e. The van der Waals surface area contributed by atoms with Crippen molar-refractivity contribution >= 4 is 7.69 Å². The number of ether oxygens (including phenoxy) is 1. The van der Waals surface area contributed by atoms with Crippen molar-refractivity contribution in [1.82, 2.24) is 0 Å². The highest BCUT2D eigenvalue weighted by Gasteiger charge is 2.25. The van der Waals surface area contributed by atoms with E-state index in [-0.39, 0.29) is 14.1 Å². The zero-order valence-electron chi connectivity index (χ0n) is 14.2. The van der Waals surface area contributed by atoms with Crippen LogP contribution in [0.25, 0.3) is 0 Å². The number of para-hydroxylation sites is 1. The van der Waals surface area contributed by atoms with Gasteiger partial charge < -0.3 is 14.8 Å². The highest BCUT2D eigenvalue weighted by molar-refractivity contribution is 6.13. The molecule has 0 heterocycles. The van der Waals surface area contributed by atoms with Gasteiger partial charge in [-0.25, -0.2) is 0 Å². The molecule has 1 aromatic rings. The molecule has 2 N–H and O–H groups in total. The van der Waals surface area contributed by atoms with Crippen molar-refractivity contribution in [1.29, 1.82) is 0 Å². The predicted molar refractivity (Wildman–Crippen MR) is 89.9 cm³/mol. The standard InChI is InChI=1S/C17H25F3O.BH2O2/c1-15-11-7-8-12-16(15)21-14-10-6-4-2-3-5-9-13-17(18,19)20;2-1-3/h7-8,11-12H,2-6,9-10,13-14H2,1H3;2-3H. The lowest BCUT2D eigenvalue weighted by Gasteiger charge is -2.08. The van der Waals surface area contributed by atoms with Crippen molar-refractivity contribution in [3.8, 4) is 5.75 Å². The Morgan fingerprint density at radius 1 is 0.917 bits per heavy atom. The summed E-state index contributed by atoms with van der Waals surface area (Å²) in [5.41, 5.74) is 1.14. The minimum Gasteiger partial charge on any atom is -0.493 e. The summed E-state index contributed by atoms with van der Waals surface area (Å²) >= 11 is 0. The van der Waals surface area contributed by atoms with E-state index in [0.717, 1.165) is 43.4 Å². The molecule has 0 aliphatic carbocycles. The van der Waals surface area contributed by atoms with Gasteiger partial charge in [-0.3, -0.25) is 0 Å². The van der Waals surface area contributed by atoms with E-state index in [1.54, 1.807) is 0 Å². The molecule has 7 heteroatoms. The fourth-order valence-corrected chi connectivity index (χ4v) is 2.21. The van der Waals surface area contributed by atoms with Gasteiger partial charge >= 0.3 is 13.9 Å². The zero-order chi connectivity index (χ0) is 18.3. The summed E-state index contributed by atoms with van der Waals surface area (Å²) in [4.78, 5) is 0. The Morgan fingerprint density at radius 2 is 1.42 bits per heavy atom. The molecule has 137 valence electrons. The third kappa shape index (κ3) is 14.4. The monoisotopic (exact) mass is 347 g/mol. The second-order valence-electron chi connectivity index (χ2n) is 5.57. The fraction of sp³-hybridized carbons (Fsp3) is 0.647. The normalized spacial score (nSPS) is 10.8. The number of aryl methyl sites for hydroxylation is 1. The van der Waals surface area contributed by atoms with Gasteiger partial charge in [-0.15, -0.1) is 0 Å². The van der Waals surface area contributed by atoms with Gasteiger partial charge in [0.2, 0.25) is 0 Å². The lowest BCUT2D eigenvalue weighted by atomic mass is 10.1. The summed E-state index contributed by atoms with van der Waals surface area (Å²) in [5, 5.41) is 14.0. The Kier molecular flexibility index (Phi) is 13.5. The van der Waals surface area contributed by atoms with E-state index in [1.807, 2.05) is 31.2 Å². The number of alkyl halides is 3.